The van der Waals surface area contributed by atoms with Crippen LogP contribution in [0, 0.1) is 5.92 Å². The summed E-state index contributed by atoms with van der Waals surface area (Å²) in [7, 11) is -0.748. The monoisotopic (exact) mass is 306 g/mol. The van der Waals surface area contributed by atoms with E-state index in [1.807, 2.05) is 6.08 Å². The molecule has 1 spiro atoms. The zero-order chi connectivity index (χ0) is 14.6. The third-order valence-electron chi connectivity index (χ3n) is 4.58. The van der Waals surface area contributed by atoms with E-state index in [2.05, 4.69) is 16.0 Å². The number of allylic oxidation sites excluding steroid dienone is 1. The fourth-order valence-electron chi connectivity index (χ4n) is 3.17. The van der Waals surface area contributed by atoms with Gasteiger partial charge in [0.15, 0.2) is 0 Å². The highest BCUT2D eigenvalue weighted by Crippen LogP contribution is 2.76. The number of piperidine rings is 1. The number of hydrogen-bond donors (Lipinski definition) is 2. The molecule has 0 radical (unpaired) electrons. The Bertz CT molecular complexity index is 614. The van der Waals surface area contributed by atoms with Crippen molar-refractivity contribution in [3.05, 3.63) is 22.0 Å². The van der Waals surface area contributed by atoms with Crippen LogP contribution in [0.1, 0.15) is 25.7 Å². The molecule has 2 N–H and O–H groups in total. The van der Waals surface area contributed by atoms with Gasteiger partial charge in [-0.1, -0.05) is 0 Å². The van der Waals surface area contributed by atoms with Crippen LogP contribution in [0.3, 0.4) is 0 Å². The van der Waals surface area contributed by atoms with E-state index in [9.17, 15) is 14.4 Å². The van der Waals surface area contributed by atoms with Crippen molar-refractivity contribution in [2.75, 3.05) is 11.5 Å². The van der Waals surface area contributed by atoms with E-state index in [1.54, 1.807) is 0 Å². The van der Waals surface area contributed by atoms with Gasteiger partial charge < -0.3 is 5.32 Å². The van der Waals surface area contributed by atoms with Crippen molar-refractivity contribution in [2.24, 2.45) is 5.92 Å². The third kappa shape index (κ3) is 2.21. The first-order valence-electron chi connectivity index (χ1n) is 7.45. The normalized spacial score (nSPS) is 31.3. The Morgan fingerprint density at radius 3 is 2.62 bits per heavy atom. The van der Waals surface area contributed by atoms with Crippen LogP contribution in [0.2, 0.25) is 0 Å². The molecular weight excluding hydrogens is 288 g/mol. The lowest BCUT2D eigenvalue weighted by Gasteiger charge is -2.23. The van der Waals surface area contributed by atoms with Crippen LogP contribution in [-0.4, -0.2) is 35.3 Å². The molecule has 21 heavy (non-hydrogen) atoms. The lowest BCUT2D eigenvalue weighted by atomic mass is 10.1. The number of nitrogens with one attached hydrogen (secondary N) is 2. The molecule has 112 valence electrons. The van der Waals surface area contributed by atoms with Gasteiger partial charge in [-0.05, 0) is 53.1 Å². The van der Waals surface area contributed by atoms with Crippen LogP contribution in [0.5, 0.6) is 0 Å². The van der Waals surface area contributed by atoms with Crippen LogP contribution in [0.25, 0.3) is 0 Å². The van der Waals surface area contributed by atoms with Crippen molar-refractivity contribution in [2.45, 2.75) is 31.7 Å². The molecule has 4 rings (SSSR count). The molecule has 1 unspecified atom stereocenters. The van der Waals surface area contributed by atoms with Gasteiger partial charge in [0.2, 0.25) is 11.8 Å². The van der Waals surface area contributed by atoms with Crippen molar-refractivity contribution < 1.29 is 14.4 Å². The lowest BCUT2D eigenvalue weighted by Crippen LogP contribution is -2.52. The van der Waals surface area contributed by atoms with E-state index < -0.39 is 16.1 Å². The molecule has 0 aromatic rings. The number of imide groups is 1. The number of rotatable bonds is 3. The summed E-state index contributed by atoms with van der Waals surface area (Å²) in [5, 5.41) is 7.34. The Morgan fingerprint density at radius 2 is 2.00 bits per heavy atom. The van der Waals surface area contributed by atoms with E-state index in [4.69, 9.17) is 0 Å². The molecule has 1 atom stereocenters. The summed E-state index contributed by atoms with van der Waals surface area (Å²) in [5.41, 5.74) is 0.801. The highest BCUT2D eigenvalue weighted by Gasteiger charge is 2.49. The van der Waals surface area contributed by atoms with Crippen molar-refractivity contribution in [3.8, 4) is 0 Å². The Labute approximate surface area is 124 Å². The zero-order valence-electron chi connectivity index (χ0n) is 11.7. The Hall–Kier alpha value is -1.56. The SMILES string of the molecule is O=C1CCC(NC(=O)C2=C(C3CC3)S3(C=C2)CC3)C(=O)N1. The number of carbonyl (C=O) groups excluding carboxylic acids is 3. The minimum atomic E-state index is -0.748. The quantitative estimate of drug-likeness (QED) is 0.601. The molecule has 3 amide bonds. The fourth-order valence-corrected chi connectivity index (χ4v) is 6.64. The maximum atomic E-state index is 12.5. The van der Waals surface area contributed by atoms with Gasteiger partial charge in [-0.15, -0.1) is 0 Å². The average Bonchev–Trinajstić information content (AvgIpc) is 3.33. The Kier molecular flexibility index (Phi) is 2.79. The van der Waals surface area contributed by atoms with Crippen molar-refractivity contribution in [1.82, 2.24) is 10.6 Å². The van der Waals surface area contributed by atoms with Gasteiger partial charge >= 0.3 is 0 Å². The van der Waals surface area contributed by atoms with Crippen LogP contribution < -0.4 is 10.6 Å². The van der Waals surface area contributed by atoms with Gasteiger partial charge in [0.25, 0.3) is 5.91 Å². The van der Waals surface area contributed by atoms with E-state index in [0.717, 1.165) is 5.57 Å². The van der Waals surface area contributed by atoms with Gasteiger partial charge in [-0.25, -0.2) is 0 Å². The van der Waals surface area contributed by atoms with Gasteiger partial charge in [0.1, 0.15) is 6.04 Å². The van der Waals surface area contributed by atoms with Crippen LogP contribution in [0.15, 0.2) is 22.0 Å². The van der Waals surface area contributed by atoms with E-state index in [0.29, 0.717) is 12.3 Å². The fraction of sp³-hybridized carbons (Fsp3) is 0.533. The Balaban J connectivity index is 1.52. The molecule has 0 bridgehead atoms. The number of carbonyl (C=O) groups is 3. The molecule has 4 aliphatic rings. The molecule has 3 heterocycles. The first-order valence-corrected chi connectivity index (χ1v) is 9.48. The first-order chi connectivity index (χ1) is 10.1. The smallest absolute Gasteiger partial charge is 0.252 e. The zero-order valence-corrected chi connectivity index (χ0v) is 12.5. The van der Waals surface area contributed by atoms with Crippen molar-refractivity contribution in [1.29, 1.82) is 0 Å². The summed E-state index contributed by atoms with van der Waals surface area (Å²) < 4.78 is 0. The van der Waals surface area contributed by atoms with E-state index >= 15 is 0 Å². The van der Waals surface area contributed by atoms with Gasteiger partial charge in [0.05, 0.1) is 0 Å². The van der Waals surface area contributed by atoms with Crippen molar-refractivity contribution >= 4 is 27.7 Å². The molecule has 1 aliphatic carbocycles. The second kappa shape index (κ2) is 4.47. The van der Waals surface area contributed by atoms with Crippen LogP contribution in [-0.2, 0) is 14.4 Å². The summed E-state index contributed by atoms with van der Waals surface area (Å²) in [6.07, 6.45) is 5.04. The largest absolute Gasteiger partial charge is 0.340 e. The topological polar surface area (TPSA) is 75.3 Å². The first kappa shape index (κ1) is 13.1. The number of amides is 3. The third-order valence-corrected chi connectivity index (χ3v) is 7.95. The molecule has 0 aromatic carbocycles. The molecule has 0 aromatic heterocycles. The molecule has 2 saturated heterocycles. The Morgan fingerprint density at radius 1 is 1.24 bits per heavy atom. The van der Waals surface area contributed by atoms with E-state index in [-0.39, 0.29) is 24.1 Å². The minimum absolute atomic E-state index is 0.140. The molecule has 5 nitrogen and oxygen atoms in total. The predicted octanol–water partition coefficient (Wildman–Crippen LogP) is 0.917. The summed E-state index contributed by atoms with van der Waals surface area (Å²) in [6.45, 7) is 0. The van der Waals surface area contributed by atoms with Gasteiger partial charge in [-0.3, -0.25) is 19.7 Å². The second-order valence-corrected chi connectivity index (χ2v) is 9.60. The summed E-state index contributed by atoms with van der Waals surface area (Å²) in [6, 6.07) is -0.581. The van der Waals surface area contributed by atoms with E-state index in [1.165, 1.54) is 29.3 Å². The lowest BCUT2D eigenvalue weighted by molar-refractivity contribution is -0.136. The molecular formula is C15H18N2O3S. The standard InChI is InChI=1S/C15H18N2O3S/c18-12-4-3-11(15(20)17-12)16-14(19)10-5-6-21(7-8-21)13(10)9-1-2-9/h5-6,9,11H,1-4,7-8H2,(H,16,19)(H,17,18,20). The summed E-state index contributed by atoms with van der Waals surface area (Å²) in [5.74, 6) is 2.27. The van der Waals surface area contributed by atoms with Crippen molar-refractivity contribution in [3.63, 3.8) is 0 Å². The second-order valence-electron chi connectivity index (χ2n) is 6.18. The van der Waals surface area contributed by atoms with Gasteiger partial charge in [0, 0.05) is 12.0 Å². The molecule has 3 aliphatic heterocycles. The minimum Gasteiger partial charge on any atom is -0.340 e. The van der Waals surface area contributed by atoms with Crippen LogP contribution >= 0.6 is 10.0 Å². The summed E-state index contributed by atoms with van der Waals surface area (Å²) in [4.78, 5) is 36.8. The average molecular weight is 306 g/mol. The highest BCUT2D eigenvalue weighted by atomic mass is 32.3. The predicted molar refractivity (Wildman–Crippen MR) is 80.5 cm³/mol. The molecule has 3 fully saturated rings. The van der Waals surface area contributed by atoms with Crippen LogP contribution in [0.4, 0.5) is 0 Å². The highest BCUT2D eigenvalue weighted by molar-refractivity contribution is 8.44. The maximum absolute atomic E-state index is 12.5. The molecule has 6 heteroatoms. The molecule has 1 saturated carbocycles. The summed E-state index contributed by atoms with van der Waals surface area (Å²) >= 11 is 0. The maximum Gasteiger partial charge on any atom is 0.252 e. The number of hydrogen-bond acceptors (Lipinski definition) is 3. The van der Waals surface area contributed by atoms with Gasteiger partial charge in [-0.2, -0.15) is 10.0 Å².